The van der Waals surface area contributed by atoms with E-state index in [0.29, 0.717) is 25.6 Å². The summed E-state index contributed by atoms with van der Waals surface area (Å²) in [5.41, 5.74) is 4.25. The molecule has 5 nitrogen and oxygen atoms in total. The molecule has 3 rings (SSSR count). The van der Waals surface area contributed by atoms with Gasteiger partial charge in [-0.15, -0.1) is 0 Å². The molecule has 1 aliphatic carbocycles. The van der Waals surface area contributed by atoms with Gasteiger partial charge < -0.3 is 10.0 Å². The summed E-state index contributed by atoms with van der Waals surface area (Å²) in [6, 6.07) is 10.0. The highest BCUT2D eigenvalue weighted by Crippen LogP contribution is 2.33. The van der Waals surface area contributed by atoms with Gasteiger partial charge in [0.1, 0.15) is 0 Å². The first-order valence-electron chi connectivity index (χ1n) is 9.59. The normalized spacial score (nSPS) is 24.8. The minimum Gasteiger partial charge on any atom is -0.395 e. The molecule has 1 aliphatic heterocycles. The van der Waals surface area contributed by atoms with Crippen molar-refractivity contribution in [3.8, 4) is 0 Å². The second-order valence-electron chi connectivity index (χ2n) is 7.35. The minimum absolute atomic E-state index is 0.00434. The number of hydrogen-bond acceptors (Lipinski definition) is 4. The van der Waals surface area contributed by atoms with Crippen LogP contribution in [-0.4, -0.2) is 41.7 Å². The van der Waals surface area contributed by atoms with Crippen molar-refractivity contribution >= 4 is 5.91 Å². The second kappa shape index (κ2) is 9.32. The third-order valence-electron chi connectivity index (χ3n) is 5.53. The molecule has 2 N–H and O–H groups in total. The summed E-state index contributed by atoms with van der Waals surface area (Å²) < 4.78 is 0. The highest BCUT2D eigenvalue weighted by atomic mass is 16.6. The molecule has 138 valence electrons. The number of nitrogens with zero attached hydrogens (tertiary/aromatic N) is 1. The van der Waals surface area contributed by atoms with Crippen LogP contribution in [0.15, 0.2) is 30.3 Å². The quantitative estimate of drug-likeness (QED) is 0.710. The van der Waals surface area contributed by atoms with Crippen LogP contribution in [0.3, 0.4) is 0 Å². The van der Waals surface area contributed by atoms with Crippen LogP contribution in [0, 0.1) is 11.8 Å². The number of β-amino-alcohol motifs (C(OH)–C–C–N with tert-alkyl or cyclic N) is 1. The number of hydrogen-bond donors (Lipinski definition) is 2. The van der Waals surface area contributed by atoms with Gasteiger partial charge in [0.15, 0.2) is 0 Å². The molecule has 5 heteroatoms. The van der Waals surface area contributed by atoms with Gasteiger partial charge in [-0.3, -0.25) is 9.63 Å². The Hall–Kier alpha value is -1.43. The van der Waals surface area contributed by atoms with Crippen LogP contribution < -0.4 is 5.48 Å². The third-order valence-corrected chi connectivity index (χ3v) is 5.53. The first kappa shape index (κ1) is 18.4. The zero-order valence-electron chi connectivity index (χ0n) is 14.9. The van der Waals surface area contributed by atoms with Gasteiger partial charge >= 0.3 is 0 Å². The van der Waals surface area contributed by atoms with Crippen LogP contribution in [0.2, 0.25) is 0 Å². The van der Waals surface area contributed by atoms with E-state index in [0.717, 1.165) is 12.0 Å². The van der Waals surface area contributed by atoms with E-state index in [4.69, 9.17) is 4.84 Å². The lowest BCUT2D eigenvalue weighted by Crippen LogP contribution is -2.37. The lowest BCUT2D eigenvalue weighted by Gasteiger charge is -2.26. The highest BCUT2D eigenvalue weighted by Gasteiger charge is 2.41. The molecule has 1 saturated heterocycles. The molecule has 0 aromatic heterocycles. The predicted molar refractivity (Wildman–Crippen MR) is 96.5 cm³/mol. The number of benzene rings is 1. The van der Waals surface area contributed by atoms with E-state index < -0.39 is 0 Å². The summed E-state index contributed by atoms with van der Waals surface area (Å²) in [6.07, 6.45) is 7.31. The number of aliphatic hydroxyl groups is 1. The Morgan fingerprint density at radius 3 is 2.64 bits per heavy atom. The van der Waals surface area contributed by atoms with Crippen LogP contribution >= 0.6 is 0 Å². The molecule has 1 aromatic carbocycles. The Balaban J connectivity index is 1.56. The van der Waals surface area contributed by atoms with Gasteiger partial charge in [-0.1, -0.05) is 62.4 Å². The molecule has 1 amide bonds. The van der Waals surface area contributed by atoms with Crippen LogP contribution in [-0.2, 0) is 16.2 Å². The van der Waals surface area contributed by atoms with Crippen LogP contribution in [0.4, 0.5) is 0 Å². The molecule has 0 bridgehead atoms. The molecular formula is C20H30N2O3. The number of hydroxylamine groups is 1. The monoisotopic (exact) mass is 346 g/mol. The summed E-state index contributed by atoms with van der Waals surface area (Å²) in [6.45, 7) is 1.53. The summed E-state index contributed by atoms with van der Waals surface area (Å²) >= 11 is 0. The molecule has 2 fully saturated rings. The zero-order chi connectivity index (χ0) is 17.5. The van der Waals surface area contributed by atoms with E-state index in [1.807, 2.05) is 30.3 Å². The van der Waals surface area contributed by atoms with Crippen molar-refractivity contribution < 1.29 is 14.7 Å². The Morgan fingerprint density at radius 2 is 1.92 bits per heavy atom. The van der Waals surface area contributed by atoms with Crippen LogP contribution in [0.1, 0.15) is 44.1 Å². The van der Waals surface area contributed by atoms with Gasteiger partial charge in [0.25, 0.3) is 0 Å². The van der Waals surface area contributed by atoms with Gasteiger partial charge in [-0.05, 0) is 17.9 Å². The minimum atomic E-state index is -0.0366. The van der Waals surface area contributed by atoms with Crippen molar-refractivity contribution in [2.24, 2.45) is 11.8 Å². The van der Waals surface area contributed by atoms with Crippen molar-refractivity contribution in [1.29, 1.82) is 0 Å². The standard InChI is InChI=1S/C20H30N2O3/c23-12-11-22-14-19(21-25-15-17-9-5-2-6-10-17)18(20(22)24)13-16-7-3-1-4-8-16/h2,5-6,9-10,16,18-19,21,23H,1,3-4,7-8,11-15H2. The SMILES string of the molecule is O=C1C(CC2CCCCC2)C(NOCc2ccccc2)CN1CCO. The number of carbonyl (C=O) groups excluding carboxylic acids is 1. The summed E-state index contributed by atoms with van der Waals surface area (Å²) in [7, 11) is 0. The topological polar surface area (TPSA) is 61.8 Å². The Morgan fingerprint density at radius 1 is 1.16 bits per heavy atom. The molecule has 1 aromatic rings. The molecule has 0 spiro atoms. The fraction of sp³-hybridized carbons (Fsp3) is 0.650. The van der Waals surface area contributed by atoms with E-state index in [1.54, 1.807) is 4.90 Å². The molecular weight excluding hydrogens is 316 g/mol. The maximum Gasteiger partial charge on any atom is 0.227 e. The molecule has 2 aliphatic rings. The zero-order valence-corrected chi connectivity index (χ0v) is 14.9. The fourth-order valence-electron chi connectivity index (χ4n) is 4.16. The molecule has 1 heterocycles. The lowest BCUT2D eigenvalue weighted by molar-refractivity contribution is -0.132. The number of carbonyl (C=O) groups is 1. The van der Waals surface area contributed by atoms with Gasteiger partial charge in [-0.2, -0.15) is 5.48 Å². The van der Waals surface area contributed by atoms with Crippen molar-refractivity contribution in [1.82, 2.24) is 10.4 Å². The summed E-state index contributed by atoms with van der Waals surface area (Å²) in [5.74, 6) is 0.779. The van der Waals surface area contributed by atoms with Crippen molar-refractivity contribution in [2.75, 3.05) is 19.7 Å². The van der Waals surface area contributed by atoms with E-state index in [9.17, 15) is 9.90 Å². The van der Waals surface area contributed by atoms with Gasteiger partial charge in [0, 0.05) is 13.1 Å². The first-order valence-corrected chi connectivity index (χ1v) is 9.59. The summed E-state index contributed by atoms with van der Waals surface area (Å²) in [4.78, 5) is 20.2. The largest absolute Gasteiger partial charge is 0.395 e. The number of rotatable bonds is 8. The lowest BCUT2D eigenvalue weighted by atomic mass is 9.81. The van der Waals surface area contributed by atoms with E-state index in [-0.39, 0.29) is 24.5 Å². The van der Waals surface area contributed by atoms with Gasteiger partial charge in [0.05, 0.1) is 25.2 Å². The maximum atomic E-state index is 12.7. The van der Waals surface area contributed by atoms with Crippen molar-refractivity contribution in [3.63, 3.8) is 0 Å². The Kier molecular flexibility index (Phi) is 6.84. The number of likely N-dealkylation sites (tertiary alicyclic amines) is 1. The van der Waals surface area contributed by atoms with Crippen molar-refractivity contribution in [3.05, 3.63) is 35.9 Å². The highest BCUT2D eigenvalue weighted by molar-refractivity contribution is 5.82. The third kappa shape index (κ3) is 5.03. The number of aliphatic hydroxyl groups excluding tert-OH is 1. The smallest absolute Gasteiger partial charge is 0.227 e. The Labute approximate surface area is 150 Å². The molecule has 2 unspecified atom stereocenters. The van der Waals surface area contributed by atoms with Crippen LogP contribution in [0.25, 0.3) is 0 Å². The summed E-state index contributed by atoms with van der Waals surface area (Å²) in [5, 5.41) is 9.22. The second-order valence-corrected chi connectivity index (χ2v) is 7.35. The van der Waals surface area contributed by atoms with Gasteiger partial charge in [0.2, 0.25) is 5.91 Å². The van der Waals surface area contributed by atoms with Crippen LogP contribution in [0.5, 0.6) is 0 Å². The number of amides is 1. The number of nitrogens with one attached hydrogen (secondary N) is 1. The molecule has 25 heavy (non-hydrogen) atoms. The molecule has 2 atom stereocenters. The van der Waals surface area contributed by atoms with E-state index in [1.165, 1.54) is 32.1 Å². The van der Waals surface area contributed by atoms with E-state index in [2.05, 4.69) is 5.48 Å². The average molecular weight is 346 g/mol. The average Bonchev–Trinajstić information content (AvgIpc) is 2.93. The fourth-order valence-corrected chi connectivity index (χ4v) is 4.16. The predicted octanol–water partition coefficient (Wildman–Crippen LogP) is 2.50. The molecule has 0 radical (unpaired) electrons. The first-order chi connectivity index (χ1) is 12.3. The van der Waals surface area contributed by atoms with E-state index >= 15 is 0 Å². The molecule has 1 saturated carbocycles. The van der Waals surface area contributed by atoms with Crippen molar-refractivity contribution in [2.45, 2.75) is 51.2 Å². The van der Waals surface area contributed by atoms with Gasteiger partial charge in [-0.25, -0.2) is 0 Å². The Bertz CT molecular complexity index is 531. The maximum absolute atomic E-state index is 12.7.